The van der Waals surface area contributed by atoms with Crippen LogP contribution in [0.5, 0.6) is 5.88 Å². The number of aliphatic hydroxyl groups is 1. The van der Waals surface area contributed by atoms with Crippen LogP contribution in [0.2, 0.25) is 0 Å². The third kappa shape index (κ3) is 4.19. The molecule has 1 aliphatic rings. The maximum atomic E-state index is 10.2. The van der Waals surface area contributed by atoms with E-state index in [1.54, 1.807) is 18.6 Å². The van der Waals surface area contributed by atoms with E-state index in [0.29, 0.717) is 35.6 Å². The maximum absolute atomic E-state index is 10.2. The molecule has 0 bridgehead atoms. The number of hydrogen-bond donors (Lipinski definition) is 3. The predicted molar refractivity (Wildman–Crippen MR) is 123 cm³/mol. The first-order chi connectivity index (χ1) is 15.2. The second kappa shape index (κ2) is 7.55. The number of rotatable bonds is 5. The van der Waals surface area contributed by atoms with Gasteiger partial charge in [-0.3, -0.25) is 4.40 Å². The van der Waals surface area contributed by atoms with Gasteiger partial charge in [0.15, 0.2) is 0 Å². The summed E-state index contributed by atoms with van der Waals surface area (Å²) in [5, 5.41) is 12.2. The molecule has 0 aromatic carbocycles. The Bertz CT molecular complexity index is 1270. The lowest BCUT2D eigenvalue weighted by molar-refractivity contribution is 0.0195. The van der Waals surface area contributed by atoms with Crippen LogP contribution in [0.1, 0.15) is 32.6 Å². The molecule has 0 spiro atoms. The van der Waals surface area contributed by atoms with E-state index in [4.69, 9.17) is 28.3 Å². The van der Waals surface area contributed by atoms with E-state index in [1.807, 2.05) is 23.7 Å². The SMILES string of the molecule is [B]C([B])([B])Oc1nc(NC2CCC(C)(O)CC2)nc2[nH]cc(-c3cnc4nccn4c3)c12. The van der Waals surface area contributed by atoms with E-state index in [9.17, 15) is 5.11 Å². The van der Waals surface area contributed by atoms with Crippen molar-refractivity contribution in [2.45, 2.75) is 49.5 Å². The van der Waals surface area contributed by atoms with Crippen LogP contribution in [0.4, 0.5) is 5.95 Å². The summed E-state index contributed by atoms with van der Waals surface area (Å²) in [7, 11) is 17.2. The van der Waals surface area contributed by atoms with Crippen molar-refractivity contribution >= 4 is 46.3 Å². The molecule has 4 aromatic heterocycles. The number of ether oxygens (including phenoxy) is 1. The van der Waals surface area contributed by atoms with Crippen molar-refractivity contribution in [3.05, 3.63) is 31.0 Å². The molecule has 9 nitrogen and oxygen atoms in total. The zero-order valence-electron chi connectivity index (χ0n) is 17.6. The van der Waals surface area contributed by atoms with Crippen molar-refractivity contribution in [3.63, 3.8) is 0 Å². The molecular weight excluding hydrogens is 403 g/mol. The highest BCUT2D eigenvalue weighted by atomic mass is 16.5. The average molecular weight is 423 g/mol. The van der Waals surface area contributed by atoms with Gasteiger partial charge in [0.25, 0.3) is 0 Å². The minimum atomic E-state index is -1.93. The van der Waals surface area contributed by atoms with Gasteiger partial charge in [0, 0.05) is 48.2 Å². The number of nitrogens with zero attached hydrogens (tertiary/aromatic N) is 5. The predicted octanol–water partition coefficient (Wildman–Crippen LogP) is 1.27. The first kappa shape index (κ1) is 20.9. The Balaban J connectivity index is 1.54. The Labute approximate surface area is 188 Å². The molecule has 6 radical (unpaired) electrons. The third-order valence-electron chi connectivity index (χ3n) is 5.72. The van der Waals surface area contributed by atoms with E-state index in [2.05, 4.69) is 30.2 Å². The zero-order valence-corrected chi connectivity index (χ0v) is 17.6. The molecule has 3 N–H and O–H groups in total. The van der Waals surface area contributed by atoms with Crippen molar-refractivity contribution in [2.24, 2.45) is 0 Å². The molecule has 5 rings (SSSR count). The summed E-state index contributed by atoms with van der Waals surface area (Å²) < 4.78 is 7.42. The molecule has 4 heterocycles. The molecule has 156 valence electrons. The molecule has 4 aromatic rings. The molecule has 0 aliphatic heterocycles. The van der Waals surface area contributed by atoms with Crippen LogP contribution in [0.15, 0.2) is 31.0 Å². The highest BCUT2D eigenvalue weighted by Gasteiger charge is 2.29. The summed E-state index contributed by atoms with van der Waals surface area (Å²) in [6.07, 6.45) is 11.9. The monoisotopic (exact) mass is 423 g/mol. The van der Waals surface area contributed by atoms with Gasteiger partial charge in [0.05, 0.1) is 11.0 Å². The van der Waals surface area contributed by atoms with Gasteiger partial charge in [-0.25, -0.2) is 9.97 Å². The molecule has 1 saturated carbocycles. The Morgan fingerprint density at radius 3 is 2.78 bits per heavy atom. The first-order valence-electron chi connectivity index (χ1n) is 10.4. The van der Waals surface area contributed by atoms with Gasteiger partial charge in [0.1, 0.15) is 29.2 Å². The van der Waals surface area contributed by atoms with E-state index < -0.39 is 10.9 Å². The summed E-state index contributed by atoms with van der Waals surface area (Å²) in [6, 6.07) is 0.126. The molecular formula is C20H20B3N7O2. The average Bonchev–Trinajstić information content (AvgIpc) is 3.34. The second-order valence-electron chi connectivity index (χ2n) is 8.63. The van der Waals surface area contributed by atoms with Crippen molar-refractivity contribution < 1.29 is 9.84 Å². The Morgan fingerprint density at radius 2 is 2.03 bits per heavy atom. The summed E-state index contributed by atoms with van der Waals surface area (Å²) >= 11 is 0. The lowest BCUT2D eigenvalue weighted by atomic mass is 9.52. The van der Waals surface area contributed by atoms with Gasteiger partial charge in [-0.2, -0.15) is 9.97 Å². The van der Waals surface area contributed by atoms with E-state index in [1.165, 1.54) is 0 Å². The third-order valence-corrected chi connectivity index (χ3v) is 5.72. The lowest BCUT2D eigenvalue weighted by Gasteiger charge is -2.33. The minimum Gasteiger partial charge on any atom is -0.500 e. The Morgan fingerprint density at radius 1 is 1.25 bits per heavy atom. The second-order valence-corrected chi connectivity index (χ2v) is 8.63. The van der Waals surface area contributed by atoms with E-state index >= 15 is 0 Å². The highest BCUT2D eigenvalue weighted by molar-refractivity contribution is 6.58. The molecule has 0 saturated heterocycles. The number of aromatic amines is 1. The standard InChI is InChI=1S/C20H20B3N7O2/c1-19(31)4-2-12(3-5-19)27-17-28-15-14(16(29-17)32-20(21,22)23)13(9-25-15)11-8-26-18-24-6-7-30(18)10-11/h6-10,12,31H,2-5H2,1H3,(H2,25,27,28,29). The van der Waals surface area contributed by atoms with Gasteiger partial charge in [0.2, 0.25) is 17.6 Å². The Hall–Kier alpha value is -3.01. The van der Waals surface area contributed by atoms with Gasteiger partial charge in [-0.05, 0) is 37.9 Å². The summed E-state index contributed by atoms with van der Waals surface area (Å²) in [4.78, 5) is 20.8. The highest BCUT2D eigenvalue weighted by Crippen LogP contribution is 2.36. The molecule has 12 heteroatoms. The molecule has 0 unspecified atom stereocenters. The fraction of sp³-hybridized carbons (Fsp3) is 0.400. The van der Waals surface area contributed by atoms with Crippen LogP contribution in [0, 0.1) is 0 Å². The summed E-state index contributed by atoms with van der Waals surface area (Å²) in [6.45, 7) is 1.86. The van der Waals surface area contributed by atoms with E-state index in [-0.39, 0.29) is 11.9 Å². The van der Waals surface area contributed by atoms with Gasteiger partial charge in [-0.1, -0.05) is 0 Å². The number of aromatic nitrogens is 6. The first-order valence-corrected chi connectivity index (χ1v) is 10.4. The Kier molecular flexibility index (Phi) is 4.92. The van der Waals surface area contributed by atoms with E-state index in [0.717, 1.165) is 24.0 Å². The normalized spacial score (nSPS) is 21.8. The molecule has 1 fully saturated rings. The van der Waals surface area contributed by atoms with Gasteiger partial charge in [-0.15, -0.1) is 0 Å². The van der Waals surface area contributed by atoms with Crippen LogP contribution in [-0.2, 0) is 0 Å². The minimum absolute atomic E-state index is 0.126. The van der Waals surface area contributed by atoms with Crippen LogP contribution < -0.4 is 10.1 Å². The number of anilines is 1. The fourth-order valence-corrected chi connectivity index (χ4v) is 4.06. The van der Waals surface area contributed by atoms with Gasteiger partial charge >= 0.3 is 0 Å². The largest absolute Gasteiger partial charge is 0.500 e. The molecule has 0 atom stereocenters. The topological polar surface area (TPSA) is 113 Å². The number of H-pyrrole nitrogens is 1. The summed E-state index contributed by atoms with van der Waals surface area (Å²) in [5.41, 5.74) is 1.45. The quantitative estimate of drug-likeness (QED) is 0.415. The smallest absolute Gasteiger partial charge is 0.233 e. The lowest BCUT2D eigenvalue weighted by Crippen LogP contribution is -2.38. The van der Waals surface area contributed by atoms with Crippen LogP contribution in [-0.4, -0.2) is 74.9 Å². The van der Waals surface area contributed by atoms with Crippen LogP contribution >= 0.6 is 0 Å². The van der Waals surface area contributed by atoms with Crippen molar-refractivity contribution in [1.29, 1.82) is 0 Å². The molecule has 32 heavy (non-hydrogen) atoms. The van der Waals surface area contributed by atoms with Crippen LogP contribution in [0.3, 0.4) is 0 Å². The number of hydrogen-bond acceptors (Lipinski definition) is 7. The fourth-order valence-electron chi connectivity index (χ4n) is 4.06. The van der Waals surface area contributed by atoms with Crippen molar-refractivity contribution in [3.8, 4) is 17.0 Å². The van der Waals surface area contributed by atoms with Crippen molar-refractivity contribution in [2.75, 3.05) is 5.32 Å². The number of imidazole rings is 1. The van der Waals surface area contributed by atoms with Crippen LogP contribution in [0.25, 0.3) is 27.9 Å². The maximum Gasteiger partial charge on any atom is 0.233 e. The van der Waals surface area contributed by atoms with Gasteiger partial charge < -0.3 is 20.1 Å². The summed E-state index contributed by atoms with van der Waals surface area (Å²) in [5.74, 6) is 1.10. The molecule has 0 amide bonds. The number of fused-ring (bicyclic) bond motifs is 2. The zero-order chi connectivity index (χ0) is 22.5. The molecule has 1 aliphatic carbocycles. The van der Waals surface area contributed by atoms with Crippen molar-refractivity contribution in [1.82, 2.24) is 29.3 Å². The number of nitrogens with one attached hydrogen (secondary N) is 2.